The summed E-state index contributed by atoms with van der Waals surface area (Å²) in [4.78, 5) is 16.9. The predicted octanol–water partition coefficient (Wildman–Crippen LogP) is 4.42. The second-order valence-corrected chi connectivity index (χ2v) is 6.93. The Balaban J connectivity index is 1.36. The topological polar surface area (TPSA) is 60.5 Å². The maximum absolute atomic E-state index is 12.2. The zero-order valence-electron chi connectivity index (χ0n) is 14.3. The molecule has 0 radical (unpaired) electrons. The molecule has 5 nitrogen and oxygen atoms in total. The summed E-state index contributed by atoms with van der Waals surface area (Å²) >= 11 is 1.61. The maximum atomic E-state index is 12.2. The van der Waals surface area contributed by atoms with Crippen LogP contribution in [0.5, 0.6) is 11.5 Å². The Bertz CT molecular complexity index is 952. The summed E-state index contributed by atoms with van der Waals surface area (Å²) < 4.78 is 10.6. The van der Waals surface area contributed by atoms with Gasteiger partial charge in [0.05, 0.1) is 5.69 Å². The van der Waals surface area contributed by atoms with Crippen LogP contribution in [0.1, 0.15) is 17.7 Å². The fourth-order valence-electron chi connectivity index (χ4n) is 2.80. The van der Waals surface area contributed by atoms with Crippen LogP contribution in [0.15, 0.2) is 47.8 Å². The van der Waals surface area contributed by atoms with Crippen LogP contribution in [-0.4, -0.2) is 17.7 Å². The number of amides is 1. The number of nitrogens with one attached hydrogen (secondary N) is 1. The quantitative estimate of drug-likeness (QED) is 0.726. The molecule has 0 unspecified atom stereocenters. The number of ether oxygens (including phenoxy) is 2. The summed E-state index contributed by atoms with van der Waals surface area (Å²) in [6, 6.07) is 13.6. The first-order chi connectivity index (χ1) is 12.7. The van der Waals surface area contributed by atoms with E-state index in [1.165, 1.54) is 5.56 Å². The lowest BCUT2D eigenvalue weighted by molar-refractivity contribution is -0.116. The molecule has 2 aromatic carbocycles. The highest BCUT2D eigenvalue weighted by Crippen LogP contribution is 2.34. The number of nitrogens with zero attached hydrogens (tertiary/aromatic N) is 1. The van der Waals surface area contributed by atoms with E-state index >= 15 is 0 Å². The Kier molecular flexibility index (Phi) is 4.58. The molecule has 0 bridgehead atoms. The molecule has 0 saturated carbocycles. The van der Waals surface area contributed by atoms with Crippen LogP contribution in [0, 0.1) is 6.92 Å². The average Bonchev–Trinajstić information content (AvgIpc) is 3.29. The van der Waals surface area contributed by atoms with E-state index in [-0.39, 0.29) is 12.7 Å². The smallest absolute Gasteiger partial charge is 0.231 e. The lowest BCUT2D eigenvalue weighted by Gasteiger charge is -2.05. The van der Waals surface area contributed by atoms with Crippen molar-refractivity contribution in [2.24, 2.45) is 0 Å². The fourth-order valence-corrected chi connectivity index (χ4v) is 3.74. The van der Waals surface area contributed by atoms with Gasteiger partial charge in [0.1, 0.15) is 5.01 Å². The van der Waals surface area contributed by atoms with Gasteiger partial charge in [0.25, 0.3) is 0 Å². The SMILES string of the molecule is Cc1ccccc1-c1nc(CCC(=O)Nc2ccc3c(c2)OCO3)cs1. The van der Waals surface area contributed by atoms with Crippen molar-refractivity contribution in [2.45, 2.75) is 19.8 Å². The van der Waals surface area contributed by atoms with Gasteiger partial charge in [0.15, 0.2) is 11.5 Å². The number of carbonyl (C=O) groups is 1. The van der Waals surface area contributed by atoms with Gasteiger partial charge in [0, 0.05) is 29.1 Å². The van der Waals surface area contributed by atoms with Crippen molar-refractivity contribution in [1.82, 2.24) is 4.98 Å². The van der Waals surface area contributed by atoms with Gasteiger partial charge in [-0.25, -0.2) is 4.98 Å². The number of benzene rings is 2. The first-order valence-corrected chi connectivity index (χ1v) is 9.27. The minimum Gasteiger partial charge on any atom is -0.454 e. The van der Waals surface area contributed by atoms with Crippen molar-refractivity contribution in [3.05, 3.63) is 59.1 Å². The van der Waals surface area contributed by atoms with Crippen molar-refractivity contribution < 1.29 is 14.3 Å². The van der Waals surface area contributed by atoms with E-state index in [9.17, 15) is 4.79 Å². The summed E-state index contributed by atoms with van der Waals surface area (Å²) in [6.07, 6.45) is 0.990. The number of aryl methyl sites for hydroxylation is 2. The number of hydrogen-bond donors (Lipinski definition) is 1. The molecule has 132 valence electrons. The molecule has 4 rings (SSSR count). The maximum Gasteiger partial charge on any atom is 0.231 e. The lowest BCUT2D eigenvalue weighted by Crippen LogP contribution is -2.12. The summed E-state index contributed by atoms with van der Waals surface area (Å²) in [5, 5.41) is 5.91. The van der Waals surface area contributed by atoms with E-state index in [1.54, 1.807) is 23.5 Å². The molecule has 1 N–H and O–H groups in total. The molecule has 0 fully saturated rings. The van der Waals surface area contributed by atoms with Crippen molar-refractivity contribution in [3.8, 4) is 22.1 Å². The second-order valence-electron chi connectivity index (χ2n) is 6.08. The van der Waals surface area contributed by atoms with Gasteiger partial charge in [0.2, 0.25) is 12.7 Å². The molecule has 1 aliphatic heterocycles. The molecular weight excluding hydrogens is 348 g/mol. The average molecular weight is 366 g/mol. The number of hydrogen-bond acceptors (Lipinski definition) is 5. The Morgan fingerprint density at radius 2 is 2.04 bits per heavy atom. The largest absolute Gasteiger partial charge is 0.454 e. The molecule has 0 aliphatic carbocycles. The van der Waals surface area contributed by atoms with E-state index < -0.39 is 0 Å². The zero-order valence-corrected chi connectivity index (χ0v) is 15.1. The minimum absolute atomic E-state index is 0.0469. The molecule has 26 heavy (non-hydrogen) atoms. The summed E-state index contributed by atoms with van der Waals surface area (Å²) in [5.74, 6) is 1.31. The van der Waals surface area contributed by atoms with Crippen LogP contribution in [0.4, 0.5) is 5.69 Å². The predicted molar refractivity (Wildman–Crippen MR) is 102 cm³/mol. The van der Waals surface area contributed by atoms with Gasteiger partial charge in [-0.15, -0.1) is 11.3 Å². The Morgan fingerprint density at radius 1 is 1.19 bits per heavy atom. The summed E-state index contributed by atoms with van der Waals surface area (Å²) in [6.45, 7) is 2.30. The first kappa shape index (κ1) is 16.6. The third kappa shape index (κ3) is 3.55. The van der Waals surface area contributed by atoms with Gasteiger partial charge in [-0.2, -0.15) is 0 Å². The van der Waals surface area contributed by atoms with Crippen LogP contribution in [-0.2, 0) is 11.2 Å². The van der Waals surface area contributed by atoms with Gasteiger partial charge >= 0.3 is 0 Å². The third-order valence-electron chi connectivity index (χ3n) is 4.19. The van der Waals surface area contributed by atoms with Gasteiger partial charge in [-0.3, -0.25) is 4.79 Å². The van der Waals surface area contributed by atoms with Gasteiger partial charge < -0.3 is 14.8 Å². The Hall–Kier alpha value is -2.86. The van der Waals surface area contributed by atoms with Crippen molar-refractivity contribution in [3.63, 3.8) is 0 Å². The minimum atomic E-state index is -0.0469. The van der Waals surface area contributed by atoms with Crippen LogP contribution in [0.3, 0.4) is 0 Å². The van der Waals surface area contributed by atoms with Crippen LogP contribution >= 0.6 is 11.3 Å². The molecule has 1 aliphatic rings. The zero-order chi connectivity index (χ0) is 17.9. The number of rotatable bonds is 5. The van der Waals surface area contributed by atoms with Crippen LogP contribution < -0.4 is 14.8 Å². The standard InChI is InChI=1S/C20H18N2O3S/c1-13-4-2-3-5-16(13)20-22-15(11-26-20)7-9-19(23)21-14-6-8-17-18(10-14)25-12-24-17/h2-6,8,10-11H,7,9,12H2,1H3,(H,21,23). The highest BCUT2D eigenvalue weighted by Gasteiger charge is 2.14. The lowest BCUT2D eigenvalue weighted by atomic mass is 10.1. The molecule has 0 spiro atoms. The van der Waals surface area contributed by atoms with Crippen molar-refractivity contribution in [1.29, 1.82) is 0 Å². The highest BCUT2D eigenvalue weighted by molar-refractivity contribution is 7.13. The second kappa shape index (κ2) is 7.17. The van der Waals surface area contributed by atoms with E-state index in [1.807, 2.05) is 23.6 Å². The number of fused-ring (bicyclic) bond motifs is 1. The van der Waals surface area contributed by atoms with E-state index in [0.29, 0.717) is 30.0 Å². The van der Waals surface area contributed by atoms with Crippen LogP contribution in [0.2, 0.25) is 0 Å². The molecule has 1 aromatic heterocycles. The van der Waals surface area contributed by atoms with Crippen LogP contribution in [0.25, 0.3) is 10.6 Å². The molecule has 2 heterocycles. The Labute approximate surface area is 155 Å². The number of thiazole rings is 1. The monoisotopic (exact) mass is 366 g/mol. The molecule has 1 amide bonds. The highest BCUT2D eigenvalue weighted by atomic mass is 32.1. The third-order valence-corrected chi connectivity index (χ3v) is 5.12. The van der Waals surface area contributed by atoms with Gasteiger partial charge in [-0.05, 0) is 31.0 Å². The number of carbonyl (C=O) groups excluding carboxylic acids is 1. The molecule has 3 aromatic rings. The van der Waals surface area contributed by atoms with Crippen molar-refractivity contribution >= 4 is 22.9 Å². The van der Waals surface area contributed by atoms with Crippen molar-refractivity contribution in [2.75, 3.05) is 12.1 Å². The van der Waals surface area contributed by atoms with E-state index in [0.717, 1.165) is 16.3 Å². The van der Waals surface area contributed by atoms with E-state index in [2.05, 4.69) is 29.4 Å². The normalized spacial score (nSPS) is 12.2. The van der Waals surface area contributed by atoms with E-state index in [4.69, 9.17) is 9.47 Å². The molecule has 6 heteroatoms. The molecular formula is C20H18N2O3S. The van der Waals surface area contributed by atoms with Gasteiger partial charge in [-0.1, -0.05) is 24.3 Å². The summed E-state index contributed by atoms with van der Waals surface area (Å²) in [5.41, 5.74) is 4.00. The Morgan fingerprint density at radius 3 is 2.92 bits per heavy atom. The number of aromatic nitrogens is 1. The number of anilines is 1. The first-order valence-electron chi connectivity index (χ1n) is 8.39. The fraction of sp³-hybridized carbons (Fsp3) is 0.200. The summed E-state index contributed by atoms with van der Waals surface area (Å²) in [7, 11) is 0. The molecule has 0 saturated heterocycles. The molecule has 0 atom stereocenters.